The highest BCUT2D eigenvalue weighted by Crippen LogP contribution is 2.32. The summed E-state index contributed by atoms with van der Waals surface area (Å²) >= 11 is 9.63. The summed E-state index contributed by atoms with van der Waals surface area (Å²) in [6.45, 7) is 4.76. The Hall–Kier alpha value is -1.19. The van der Waals surface area contributed by atoms with Crippen molar-refractivity contribution in [1.82, 2.24) is 0 Å². The van der Waals surface area contributed by atoms with E-state index in [1.165, 1.54) is 5.56 Å². The highest BCUT2D eigenvalue weighted by molar-refractivity contribution is 9.10. The van der Waals surface area contributed by atoms with E-state index >= 15 is 0 Å². The van der Waals surface area contributed by atoms with E-state index in [4.69, 9.17) is 16.3 Å². The molecule has 0 aliphatic rings. The Labute approximate surface area is 139 Å². The van der Waals surface area contributed by atoms with Crippen molar-refractivity contribution in [3.63, 3.8) is 0 Å². The number of halogens is 2. The van der Waals surface area contributed by atoms with Gasteiger partial charge in [0.05, 0.1) is 18.3 Å². The van der Waals surface area contributed by atoms with Gasteiger partial charge in [0.25, 0.3) is 0 Å². The van der Waals surface area contributed by atoms with Gasteiger partial charge in [-0.2, -0.15) is 0 Å². The predicted molar refractivity (Wildman–Crippen MR) is 93.4 cm³/mol. The van der Waals surface area contributed by atoms with Gasteiger partial charge in [-0.25, -0.2) is 0 Å². The first-order valence-electron chi connectivity index (χ1n) is 7.08. The van der Waals surface area contributed by atoms with Crippen molar-refractivity contribution in [3.05, 3.63) is 57.5 Å². The molecule has 0 heterocycles. The lowest BCUT2D eigenvalue weighted by molar-refractivity contribution is 0.341. The molecule has 2 nitrogen and oxygen atoms in total. The molecule has 0 fully saturated rings. The van der Waals surface area contributed by atoms with Gasteiger partial charge in [0.2, 0.25) is 0 Å². The predicted octanol–water partition coefficient (Wildman–Crippen LogP) is 6.06. The number of hydrogen-bond acceptors (Lipinski definition) is 2. The first-order chi connectivity index (χ1) is 10.1. The molecule has 1 atom stereocenters. The molecule has 4 heteroatoms. The van der Waals surface area contributed by atoms with Gasteiger partial charge in [0, 0.05) is 9.50 Å². The second-order valence-electron chi connectivity index (χ2n) is 4.73. The first-order valence-corrected chi connectivity index (χ1v) is 8.25. The lowest BCUT2D eigenvalue weighted by Crippen LogP contribution is -2.11. The summed E-state index contributed by atoms with van der Waals surface area (Å²) in [4.78, 5) is 0. The van der Waals surface area contributed by atoms with Gasteiger partial charge in [-0.15, -0.1) is 0 Å². The molecule has 0 bridgehead atoms. The lowest BCUT2D eigenvalue weighted by Gasteiger charge is -2.21. The average Bonchev–Trinajstić information content (AvgIpc) is 2.47. The monoisotopic (exact) mass is 367 g/mol. The van der Waals surface area contributed by atoms with Gasteiger partial charge >= 0.3 is 0 Å². The van der Waals surface area contributed by atoms with Crippen LogP contribution in [0.15, 0.2) is 46.9 Å². The molecule has 0 amide bonds. The highest BCUT2D eigenvalue weighted by Gasteiger charge is 2.13. The SMILES string of the molecule is CCOc1ccc(Cl)cc1NC(CC)c1cccc(Br)c1. The minimum Gasteiger partial charge on any atom is -0.492 e. The van der Waals surface area contributed by atoms with E-state index in [1.54, 1.807) is 0 Å². The third kappa shape index (κ3) is 4.39. The summed E-state index contributed by atoms with van der Waals surface area (Å²) in [6, 6.07) is 14.2. The number of rotatable bonds is 6. The lowest BCUT2D eigenvalue weighted by atomic mass is 10.0. The Morgan fingerprint density at radius 2 is 2.00 bits per heavy atom. The molecule has 0 saturated carbocycles. The van der Waals surface area contributed by atoms with Crippen molar-refractivity contribution < 1.29 is 4.74 Å². The van der Waals surface area contributed by atoms with Crippen molar-refractivity contribution >= 4 is 33.2 Å². The molecule has 2 aromatic carbocycles. The molecule has 0 aliphatic carbocycles. The third-order valence-corrected chi connectivity index (χ3v) is 3.96. The zero-order valence-electron chi connectivity index (χ0n) is 12.2. The van der Waals surface area contributed by atoms with Gasteiger partial charge < -0.3 is 10.1 Å². The number of ether oxygens (including phenoxy) is 1. The molecule has 1 unspecified atom stereocenters. The maximum absolute atomic E-state index is 6.11. The van der Waals surface area contributed by atoms with Crippen LogP contribution in [0.3, 0.4) is 0 Å². The van der Waals surface area contributed by atoms with E-state index < -0.39 is 0 Å². The first kappa shape index (κ1) is 16.2. The molecule has 0 saturated heterocycles. The number of nitrogens with one attached hydrogen (secondary N) is 1. The van der Waals surface area contributed by atoms with E-state index in [0.717, 1.165) is 22.3 Å². The van der Waals surface area contributed by atoms with Crippen LogP contribution in [0.25, 0.3) is 0 Å². The number of anilines is 1. The zero-order chi connectivity index (χ0) is 15.2. The maximum Gasteiger partial charge on any atom is 0.142 e. The third-order valence-electron chi connectivity index (χ3n) is 3.23. The Balaban J connectivity index is 2.28. The van der Waals surface area contributed by atoms with Crippen LogP contribution in [-0.2, 0) is 0 Å². The largest absolute Gasteiger partial charge is 0.492 e. The van der Waals surface area contributed by atoms with Crippen molar-refractivity contribution in [3.8, 4) is 5.75 Å². The summed E-state index contributed by atoms with van der Waals surface area (Å²) < 4.78 is 6.75. The minimum absolute atomic E-state index is 0.208. The summed E-state index contributed by atoms with van der Waals surface area (Å²) in [5.41, 5.74) is 2.16. The second-order valence-corrected chi connectivity index (χ2v) is 6.09. The summed E-state index contributed by atoms with van der Waals surface area (Å²) in [7, 11) is 0. The van der Waals surface area contributed by atoms with Gasteiger partial charge in [-0.05, 0) is 49.2 Å². The van der Waals surface area contributed by atoms with E-state index in [-0.39, 0.29) is 6.04 Å². The molecule has 2 aromatic rings. The van der Waals surface area contributed by atoms with Gasteiger partial charge in [0.1, 0.15) is 5.75 Å². The normalized spacial score (nSPS) is 12.0. The van der Waals surface area contributed by atoms with Crippen molar-refractivity contribution in [2.45, 2.75) is 26.3 Å². The quantitative estimate of drug-likeness (QED) is 0.668. The molecule has 0 aliphatic heterocycles. The smallest absolute Gasteiger partial charge is 0.142 e. The fraction of sp³-hybridized carbons (Fsp3) is 0.294. The van der Waals surface area contributed by atoms with Crippen molar-refractivity contribution in [2.75, 3.05) is 11.9 Å². The minimum atomic E-state index is 0.208. The molecule has 112 valence electrons. The van der Waals surface area contributed by atoms with E-state index in [1.807, 2.05) is 37.3 Å². The molecular formula is C17H19BrClNO. The van der Waals surface area contributed by atoms with Crippen LogP contribution in [0.2, 0.25) is 5.02 Å². The van der Waals surface area contributed by atoms with E-state index in [0.29, 0.717) is 11.6 Å². The van der Waals surface area contributed by atoms with Gasteiger partial charge in [0.15, 0.2) is 0 Å². The number of hydrogen-bond donors (Lipinski definition) is 1. The Kier molecular flexibility index (Phi) is 5.95. The Morgan fingerprint density at radius 3 is 2.67 bits per heavy atom. The molecule has 1 N–H and O–H groups in total. The van der Waals surface area contributed by atoms with Crippen LogP contribution in [-0.4, -0.2) is 6.61 Å². The fourth-order valence-electron chi connectivity index (χ4n) is 2.23. The van der Waals surface area contributed by atoms with Crippen LogP contribution in [0.1, 0.15) is 31.9 Å². The van der Waals surface area contributed by atoms with Crippen LogP contribution in [0.5, 0.6) is 5.75 Å². The second kappa shape index (κ2) is 7.71. The Morgan fingerprint density at radius 1 is 1.19 bits per heavy atom. The maximum atomic E-state index is 6.11. The fourth-order valence-corrected chi connectivity index (χ4v) is 2.82. The molecule has 0 aromatic heterocycles. The van der Waals surface area contributed by atoms with Crippen molar-refractivity contribution in [2.24, 2.45) is 0 Å². The van der Waals surface area contributed by atoms with Crippen LogP contribution < -0.4 is 10.1 Å². The molecule has 0 radical (unpaired) electrons. The molecule has 2 rings (SSSR count). The summed E-state index contributed by atoms with van der Waals surface area (Å²) in [6.07, 6.45) is 0.967. The van der Waals surface area contributed by atoms with Gasteiger partial charge in [-0.1, -0.05) is 46.6 Å². The summed E-state index contributed by atoms with van der Waals surface area (Å²) in [5, 5.41) is 4.24. The Bertz CT molecular complexity index is 603. The molecule has 0 spiro atoms. The van der Waals surface area contributed by atoms with Crippen LogP contribution in [0.4, 0.5) is 5.69 Å². The van der Waals surface area contributed by atoms with E-state index in [2.05, 4.69) is 40.3 Å². The highest BCUT2D eigenvalue weighted by atomic mass is 79.9. The van der Waals surface area contributed by atoms with Crippen molar-refractivity contribution in [1.29, 1.82) is 0 Å². The van der Waals surface area contributed by atoms with Gasteiger partial charge in [-0.3, -0.25) is 0 Å². The molecule has 21 heavy (non-hydrogen) atoms. The van der Waals surface area contributed by atoms with Crippen LogP contribution in [0, 0.1) is 0 Å². The average molecular weight is 369 g/mol. The number of benzene rings is 2. The summed E-state index contributed by atoms with van der Waals surface area (Å²) in [5.74, 6) is 0.829. The topological polar surface area (TPSA) is 21.3 Å². The van der Waals surface area contributed by atoms with Crippen LogP contribution >= 0.6 is 27.5 Å². The zero-order valence-corrected chi connectivity index (χ0v) is 14.5. The molecular weight excluding hydrogens is 350 g/mol. The standard InChI is InChI=1S/C17H19BrClNO/c1-3-15(12-6-5-7-13(18)10-12)20-16-11-14(19)8-9-17(16)21-4-2/h5-11,15,20H,3-4H2,1-2H3. The van der Waals surface area contributed by atoms with E-state index in [9.17, 15) is 0 Å².